The van der Waals surface area contributed by atoms with Crippen molar-refractivity contribution in [2.75, 3.05) is 0 Å². The zero-order valence-electron chi connectivity index (χ0n) is 11.8. The van der Waals surface area contributed by atoms with Crippen LogP contribution in [0.5, 0.6) is 0 Å². The predicted molar refractivity (Wildman–Crippen MR) is 81.9 cm³/mol. The molecule has 2 atom stereocenters. The summed E-state index contributed by atoms with van der Waals surface area (Å²) < 4.78 is 5.24. The van der Waals surface area contributed by atoms with Crippen molar-refractivity contribution in [3.63, 3.8) is 0 Å². The average Bonchev–Trinajstić information content (AvgIpc) is 2.37. The fourth-order valence-electron chi connectivity index (χ4n) is 2.66. The third-order valence-corrected chi connectivity index (χ3v) is 3.63. The van der Waals surface area contributed by atoms with Crippen molar-refractivity contribution in [3.8, 4) is 0 Å². The van der Waals surface area contributed by atoms with E-state index in [1.165, 1.54) is 0 Å². The van der Waals surface area contributed by atoms with Crippen LogP contribution < -0.4 is 11.1 Å². The van der Waals surface area contributed by atoms with E-state index >= 15 is 0 Å². The summed E-state index contributed by atoms with van der Waals surface area (Å²) in [7, 11) is 0. The van der Waals surface area contributed by atoms with Crippen molar-refractivity contribution in [1.82, 2.24) is 5.32 Å². The smallest absolute Gasteiger partial charge is 0.407 e. The van der Waals surface area contributed by atoms with E-state index in [2.05, 4.69) is 5.32 Å². The van der Waals surface area contributed by atoms with Gasteiger partial charge in [0.25, 0.3) is 0 Å². The number of halogens is 1. The van der Waals surface area contributed by atoms with E-state index in [0.29, 0.717) is 6.61 Å². The summed E-state index contributed by atoms with van der Waals surface area (Å²) in [6.45, 7) is 2.34. The van der Waals surface area contributed by atoms with Gasteiger partial charge in [-0.25, -0.2) is 4.79 Å². The van der Waals surface area contributed by atoms with Crippen molar-refractivity contribution in [3.05, 3.63) is 35.9 Å². The lowest BCUT2D eigenvalue weighted by Crippen LogP contribution is -2.51. The molecule has 112 valence electrons. The highest BCUT2D eigenvalue weighted by Gasteiger charge is 2.32. The fraction of sp³-hybridized carbons (Fsp3) is 0.533. The van der Waals surface area contributed by atoms with Gasteiger partial charge in [-0.05, 0) is 38.2 Å². The largest absolute Gasteiger partial charge is 0.445 e. The Morgan fingerprint density at radius 3 is 2.80 bits per heavy atom. The molecule has 0 radical (unpaired) electrons. The van der Waals surface area contributed by atoms with Crippen LogP contribution in [-0.4, -0.2) is 17.7 Å². The molecular weight excluding hydrogens is 276 g/mol. The van der Waals surface area contributed by atoms with Crippen LogP contribution in [-0.2, 0) is 11.3 Å². The molecule has 1 saturated carbocycles. The maximum Gasteiger partial charge on any atom is 0.407 e. The number of hydrogen-bond donors (Lipinski definition) is 2. The molecule has 1 aromatic rings. The summed E-state index contributed by atoms with van der Waals surface area (Å²) in [6.07, 6.45) is 3.50. The first-order valence-electron chi connectivity index (χ1n) is 6.82. The van der Waals surface area contributed by atoms with Crippen LogP contribution in [0.3, 0.4) is 0 Å². The SMILES string of the molecule is C[C@]1(NC(=O)OCc2ccccc2)CCC[C@@H](N)C1.Cl. The lowest BCUT2D eigenvalue weighted by molar-refractivity contribution is 0.119. The van der Waals surface area contributed by atoms with Crippen molar-refractivity contribution in [1.29, 1.82) is 0 Å². The molecule has 0 unspecified atom stereocenters. The molecule has 4 nitrogen and oxygen atoms in total. The maximum absolute atomic E-state index is 11.8. The predicted octanol–water partition coefficient (Wildman–Crippen LogP) is 2.99. The van der Waals surface area contributed by atoms with Crippen LogP contribution in [0.1, 0.15) is 38.2 Å². The summed E-state index contributed by atoms with van der Waals surface area (Å²) in [5, 5.41) is 2.95. The molecule has 2 rings (SSSR count). The lowest BCUT2D eigenvalue weighted by Gasteiger charge is -2.37. The number of ether oxygens (including phenoxy) is 1. The molecule has 1 amide bonds. The number of nitrogens with one attached hydrogen (secondary N) is 1. The highest BCUT2D eigenvalue weighted by molar-refractivity contribution is 5.85. The van der Waals surface area contributed by atoms with Crippen LogP contribution >= 0.6 is 12.4 Å². The van der Waals surface area contributed by atoms with Crippen molar-refractivity contribution < 1.29 is 9.53 Å². The Kier molecular flexibility index (Phi) is 6.30. The number of carbonyl (C=O) groups is 1. The number of amides is 1. The second kappa shape index (κ2) is 7.50. The Hall–Kier alpha value is -1.26. The Bertz CT molecular complexity index is 427. The van der Waals surface area contributed by atoms with Crippen molar-refractivity contribution in [2.45, 2.75) is 50.8 Å². The molecule has 0 aromatic heterocycles. The highest BCUT2D eigenvalue weighted by atomic mass is 35.5. The molecule has 1 aliphatic carbocycles. The normalized spacial score (nSPS) is 25.4. The Morgan fingerprint density at radius 1 is 1.45 bits per heavy atom. The topological polar surface area (TPSA) is 64.3 Å². The average molecular weight is 299 g/mol. The van der Waals surface area contributed by atoms with Gasteiger partial charge in [0.2, 0.25) is 0 Å². The number of rotatable bonds is 3. The van der Waals surface area contributed by atoms with Crippen molar-refractivity contribution >= 4 is 18.5 Å². The minimum atomic E-state index is -0.361. The molecule has 0 aliphatic heterocycles. The van der Waals surface area contributed by atoms with Gasteiger partial charge in [0, 0.05) is 11.6 Å². The molecule has 0 heterocycles. The van der Waals surface area contributed by atoms with Crippen LogP contribution in [0.4, 0.5) is 4.79 Å². The quantitative estimate of drug-likeness (QED) is 0.901. The number of alkyl carbamates (subject to hydrolysis) is 1. The first-order valence-corrected chi connectivity index (χ1v) is 6.82. The third-order valence-electron chi connectivity index (χ3n) is 3.63. The number of benzene rings is 1. The molecule has 0 saturated heterocycles. The van der Waals surface area contributed by atoms with E-state index < -0.39 is 0 Å². The third kappa shape index (κ3) is 5.02. The molecule has 1 aliphatic rings. The van der Waals surface area contributed by atoms with Gasteiger partial charge in [-0.3, -0.25) is 0 Å². The molecule has 5 heteroatoms. The van der Waals surface area contributed by atoms with Gasteiger partial charge in [0.15, 0.2) is 0 Å². The van der Waals surface area contributed by atoms with E-state index in [-0.39, 0.29) is 30.1 Å². The molecule has 0 spiro atoms. The van der Waals surface area contributed by atoms with E-state index in [0.717, 1.165) is 31.2 Å². The Labute approximate surface area is 126 Å². The number of carbonyl (C=O) groups excluding carboxylic acids is 1. The molecule has 3 N–H and O–H groups in total. The van der Waals surface area contributed by atoms with Crippen molar-refractivity contribution in [2.24, 2.45) is 5.73 Å². The summed E-state index contributed by atoms with van der Waals surface area (Å²) in [4.78, 5) is 11.8. The fourth-order valence-corrected chi connectivity index (χ4v) is 2.66. The number of nitrogens with two attached hydrogens (primary N) is 1. The minimum absolute atomic E-state index is 0. The van der Waals surface area contributed by atoms with Gasteiger partial charge in [0.1, 0.15) is 6.61 Å². The zero-order chi connectivity index (χ0) is 13.7. The summed E-state index contributed by atoms with van der Waals surface area (Å²) in [5.41, 5.74) is 6.72. The van der Waals surface area contributed by atoms with E-state index in [1.807, 2.05) is 37.3 Å². The van der Waals surface area contributed by atoms with Gasteiger partial charge >= 0.3 is 6.09 Å². The van der Waals surface area contributed by atoms with E-state index in [1.54, 1.807) is 0 Å². The van der Waals surface area contributed by atoms with Crippen LogP contribution in [0.2, 0.25) is 0 Å². The molecule has 1 aromatic carbocycles. The molecule has 20 heavy (non-hydrogen) atoms. The standard InChI is InChI=1S/C15H22N2O2.ClH/c1-15(9-5-8-13(16)10-15)17-14(18)19-11-12-6-3-2-4-7-12;/h2-4,6-7,13H,5,8-11,16H2,1H3,(H,17,18);1H/t13-,15+;/m1./s1. The summed E-state index contributed by atoms with van der Waals surface area (Å²) in [6, 6.07) is 9.84. The van der Waals surface area contributed by atoms with Gasteiger partial charge in [-0.1, -0.05) is 30.3 Å². The molecule has 0 bridgehead atoms. The number of hydrogen-bond acceptors (Lipinski definition) is 3. The van der Waals surface area contributed by atoms with Crippen LogP contribution in [0, 0.1) is 0 Å². The van der Waals surface area contributed by atoms with Crippen LogP contribution in [0.25, 0.3) is 0 Å². The molecular formula is C15H23ClN2O2. The summed E-state index contributed by atoms with van der Waals surface area (Å²) in [5.74, 6) is 0. The first-order chi connectivity index (χ1) is 9.07. The maximum atomic E-state index is 11.8. The second-order valence-electron chi connectivity index (χ2n) is 5.60. The zero-order valence-corrected chi connectivity index (χ0v) is 12.6. The Morgan fingerprint density at radius 2 is 2.15 bits per heavy atom. The van der Waals surface area contributed by atoms with Crippen LogP contribution in [0.15, 0.2) is 30.3 Å². The first kappa shape index (κ1) is 16.8. The lowest BCUT2D eigenvalue weighted by atomic mass is 9.81. The molecule has 1 fully saturated rings. The van der Waals surface area contributed by atoms with Gasteiger partial charge in [-0.15, -0.1) is 12.4 Å². The monoisotopic (exact) mass is 298 g/mol. The second-order valence-corrected chi connectivity index (χ2v) is 5.60. The Balaban J connectivity index is 0.00000200. The summed E-state index contributed by atoms with van der Waals surface area (Å²) >= 11 is 0. The van der Waals surface area contributed by atoms with E-state index in [9.17, 15) is 4.79 Å². The minimum Gasteiger partial charge on any atom is -0.445 e. The highest BCUT2D eigenvalue weighted by Crippen LogP contribution is 2.27. The van der Waals surface area contributed by atoms with Gasteiger partial charge in [0.05, 0.1) is 0 Å². The van der Waals surface area contributed by atoms with Gasteiger partial charge < -0.3 is 15.8 Å². The van der Waals surface area contributed by atoms with E-state index in [4.69, 9.17) is 10.5 Å². The van der Waals surface area contributed by atoms with Gasteiger partial charge in [-0.2, -0.15) is 0 Å².